The first-order chi connectivity index (χ1) is 10.9. The molecule has 0 radical (unpaired) electrons. The van der Waals surface area contributed by atoms with E-state index < -0.39 is 0 Å². The van der Waals surface area contributed by atoms with E-state index in [2.05, 4.69) is 13.5 Å². The van der Waals surface area contributed by atoms with Gasteiger partial charge in [0, 0.05) is 6.08 Å². The number of esters is 1. The quantitative estimate of drug-likeness (QED) is 0.446. The molecule has 1 aliphatic rings. The van der Waals surface area contributed by atoms with Crippen LogP contribution in [-0.2, 0) is 9.53 Å². The van der Waals surface area contributed by atoms with Gasteiger partial charge in [0.1, 0.15) is 11.4 Å². The Kier molecular flexibility index (Phi) is 5.64. The lowest BCUT2D eigenvalue weighted by molar-refractivity contribution is -0.155. The molecular weight excluding hydrogens is 288 g/mol. The molecule has 0 spiro atoms. The topological polar surface area (TPSA) is 35.5 Å². The fraction of sp³-hybridized carbons (Fsp3) is 0.450. The monoisotopic (exact) mass is 314 g/mol. The van der Waals surface area contributed by atoms with Crippen molar-refractivity contribution in [2.24, 2.45) is 5.92 Å². The Labute approximate surface area is 139 Å². The van der Waals surface area contributed by atoms with Crippen molar-refractivity contribution in [3.8, 4) is 5.75 Å². The molecule has 0 unspecified atom stereocenters. The highest BCUT2D eigenvalue weighted by molar-refractivity contribution is 5.87. The summed E-state index contributed by atoms with van der Waals surface area (Å²) < 4.78 is 10.8. The number of benzene rings is 1. The predicted molar refractivity (Wildman–Crippen MR) is 93.3 cm³/mol. The molecule has 1 aromatic carbocycles. The summed E-state index contributed by atoms with van der Waals surface area (Å²) in [6, 6.07) is 7.54. The van der Waals surface area contributed by atoms with Crippen molar-refractivity contribution in [1.82, 2.24) is 0 Å². The Hall–Kier alpha value is -2.03. The second kappa shape index (κ2) is 7.49. The summed E-state index contributed by atoms with van der Waals surface area (Å²) in [6.45, 7) is 8.14. The van der Waals surface area contributed by atoms with Crippen molar-refractivity contribution < 1.29 is 14.3 Å². The van der Waals surface area contributed by atoms with Crippen LogP contribution in [0, 0.1) is 5.92 Å². The summed E-state index contributed by atoms with van der Waals surface area (Å²) in [7, 11) is 1.63. The third-order valence-corrected chi connectivity index (χ3v) is 4.61. The van der Waals surface area contributed by atoms with Crippen LogP contribution in [0.2, 0.25) is 0 Å². The highest BCUT2D eigenvalue weighted by Gasteiger charge is 2.34. The lowest BCUT2D eigenvalue weighted by atomic mass is 9.77. The largest absolute Gasteiger partial charge is 0.497 e. The van der Waals surface area contributed by atoms with Gasteiger partial charge in [0.15, 0.2) is 0 Å². The zero-order valence-corrected chi connectivity index (χ0v) is 14.3. The number of hydrogen-bond acceptors (Lipinski definition) is 3. The molecule has 3 nitrogen and oxygen atoms in total. The van der Waals surface area contributed by atoms with Crippen LogP contribution in [-0.4, -0.2) is 18.7 Å². The number of carbonyl (C=O) groups excluding carboxylic acids is 1. The summed E-state index contributed by atoms with van der Waals surface area (Å²) in [6.07, 6.45) is 7.14. The van der Waals surface area contributed by atoms with Crippen LogP contribution in [0.1, 0.15) is 45.1 Å². The molecule has 0 N–H and O–H groups in total. The summed E-state index contributed by atoms with van der Waals surface area (Å²) in [5.74, 6) is 1.08. The molecule has 0 aliphatic heterocycles. The molecule has 0 bridgehead atoms. The van der Waals surface area contributed by atoms with E-state index in [1.807, 2.05) is 31.2 Å². The molecule has 1 aromatic rings. The van der Waals surface area contributed by atoms with Gasteiger partial charge in [-0.15, -0.1) is 0 Å². The smallest absolute Gasteiger partial charge is 0.331 e. The van der Waals surface area contributed by atoms with Crippen LogP contribution >= 0.6 is 0 Å². The van der Waals surface area contributed by atoms with Crippen LogP contribution in [0.15, 0.2) is 42.5 Å². The van der Waals surface area contributed by atoms with E-state index in [4.69, 9.17) is 9.47 Å². The summed E-state index contributed by atoms with van der Waals surface area (Å²) in [5.41, 5.74) is 1.82. The zero-order valence-electron chi connectivity index (χ0n) is 14.3. The molecule has 0 aromatic heterocycles. The van der Waals surface area contributed by atoms with Crippen LogP contribution in [0.3, 0.4) is 0 Å². The number of ether oxygens (including phenoxy) is 2. The van der Waals surface area contributed by atoms with Gasteiger partial charge in [0.25, 0.3) is 0 Å². The Bertz CT molecular complexity index is 575. The van der Waals surface area contributed by atoms with E-state index in [9.17, 15) is 4.79 Å². The first-order valence-corrected chi connectivity index (χ1v) is 8.12. The van der Waals surface area contributed by atoms with Crippen LogP contribution < -0.4 is 4.74 Å². The molecule has 2 rings (SSSR count). The lowest BCUT2D eigenvalue weighted by Gasteiger charge is -2.36. The molecule has 1 aliphatic carbocycles. The number of methoxy groups -OCH3 is 1. The van der Waals surface area contributed by atoms with Gasteiger partial charge in [-0.05, 0) is 69.2 Å². The number of hydrogen-bond donors (Lipinski definition) is 0. The average Bonchev–Trinajstić information content (AvgIpc) is 2.53. The van der Waals surface area contributed by atoms with Gasteiger partial charge in [0.2, 0.25) is 0 Å². The molecule has 0 heterocycles. The Morgan fingerprint density at radius 1 is 1.26 bits per heavy atom. The Morgan fingerprint density at radius 2 is 1.87 bits per heavy atom. The molecule has 124 valence electrons. The number of carbonyl (C=O) groups is 1. The molecule has 0 atom stereocenters. The lowest BCUT2D eigenvalue weighted by Crippen LogP contribution is -2.35. The fourth-order valence-electron chi connectivity index (χ4n) is 2.98. The SMILES string of the molecule is C=C(C)C1CCC(C)(OC(=O)/C=C/c2ccc(OC)cc2)CC1. The van der Waals surface area contributed by atoms with Gasteiger partial charge in [0.05, 0.1) is 7.11 Å². The van der Waals surface area contributed by atoms with Crippen molar-refractivity contribution >= 4 is 12.0 Å². The van der Waals surface area contributed by atoms with Gasteiger partial charge in [-0.2, -0.15) is 0 Å². The van der Waals surface area contributed by atoms with Crippen molar-refractivity contribution in [2.75, 3.05) is 7.11 Å². The molecule has 1 fully saturated rings. The van der Waals surface area contributed by atoms with E-state index in [-0.39, 0.29) is 11.6 Å². The van der Waals surface area contributed by atoms with Gasteiger partial charge in [-0.1, -0.05) is 24.3 Å². The molecule has 0 saturated heterocycles. The average molecular weight is 314 g/mol. The highest BCUT2D eigenvalue weighted by atomic mass is 16.6. The van der Waals surface area contributed by atoms with E-state index in [1.165, 1.54) is 11.6 Å². The zero-order chi connectivity index (χ0) is 16.9. The summed E-state index contributed by atoms with van der Waals surface area (Å²) in [5, 5.41) is 0. The van der Waals surface area contributed by atoms with Crippen LogP contribution in [0.4, 0.5) is 0 Å². The first kappa shape index (κ1) is 17.3. The maximum atomic E-state index is 12.1. The standard InChI is InChI=1S/C20H26O3/c1-15(2)17-11-13-20(3,14-12-17)23-19(21)10-7-16-5-8-18(22-4)9-6-16/h5-10,17H,1,11-14H2,2-4H3/b10-7+. The third-order valence-electron chi connectivity index (χ3n) is 4.61. The normalized spacial score (nSPS) is 24.4. The number of allylic oxidation sites excluding steroid dienone is 1. The molecule has 23 heavy (non-hydrogen) atoms. The highest BCUT2D eigenvalue weighted by Crippen LogP contribution is 2.37. The third kappa shape index (κ3) is 4.98. The van der Waals surface area contributed by atoms with Crippen LogP contribution in [0.25, 0.3) is 6.08 Å². The predicted octanol–water partition coefficient (Wildman–Crippen LogP) is 4.78. The van der Waals surface area contributed by atoms with Gasteiger partial charge < -0.3 is 9.47 Å². The first-order valence-electron chi connectivity index (χ1n) is 8.12. The summed E-state index contributed by atoms with van der Waals surface area (Å²) >= 11 is 0. The van der Waals surface area contributed by atoms with Gasteiger partial charge in [-0.25, -0.2) is 4.79 Å². The molecule has 3 heteroatoms. The minimum absolute atomic E-state index is 0.280. The molecule has 0 amide bonds. The van der Waals surface area contributed by atoms with E-state index in [1.54, 1.807) is 13.2 Å². The Morgan fingerprint density at radius 3 is 2.39 bits per heavy atom. The van der Waals surface area contributed by atoms with Crippen molar-refractivity contribution in [3.05, 3.63) is 48.1 Å². The van der Waals surface area contributed by atoms with Crippen LogP contribution in [0.5, 0.6) is 5.75 Å². The fourth-order valence-corrected chi connectivity index (χ4v) is 2.98. The van der Waals surface area contributed by atoms with Crippen molar-refractivity contribution in [3.63, 3.8) is 0 Å². The molecule has 1 saturated carbocycles. The van der Waals surface area contributed by atoms with Crippen molar-refractivity contribution in [1.29, 1.82) is 0 Å². The second-order valence-electron chi connectivity index (χ2n) is 6.60. The minimum Gasteiger partial charge on any atom is -0.497 e. The van der Waals surface area contributed by atoms with Gasteiger partial charge in [-0.3, -0.25) is 0 Å². The second-order valence-corrected chi connectivity index (χ2v) is 6.60. The Balaban J connectivity index is 1.88. The molecular formula is C20H26O3. The number of rotatable bonds is 5. The minimum atomic E-state index is -0.354. The summed E-state index contributed by atoms with van der Waals surface area (Å²) in [4.78, 5) is 12.1. The van der Waals surface area contributed by atoms with E-state index >= 15 is 0 Å². The van der Waals surface area contributed by atoms with Crippen molar-refractivity contribution in [2.45, 2.75) is 45.1 Å². The maximum absolute atomic E-state index is 12.1. The van der Waals surface area contributed by atoms with Gasteiger partial charge >= 0.3 is 5.97 Å². The van der Waals surface area contributed by atoms with E-state index in [0.717, 1.165) is 37.0 Å². The maximum Gasteiger partial charge on any atom is 0.331 e. The van der Waals surface area contributed by atoms with E-state index in [0.29, 0.717) is 5.92 Å².